The third-order valence-corrected chi connectivity index (χ3v) is 7.17. The zero-order chi connectivity index (χ0) is 26.4. The van der Waals surface area contributed by atoms with Gasteiger partial charge in [-0.1, -0.05) is 0 Å². The van der Waals surface area contributed by atoms with Crippen LogP contribution in [-0.2, 0) is 9.53 Å². The van der Waals surface area contributed by atoms with Crippen molar-refractivity contribution in [3.8, 4) is 17.3 Å². The first-order chi connectivity index (χ1) is 18.2. The maximum atomic E-state index is 12.1. The average Bonchev–Trinajstić information content (AvgIpc) is 3.45. The highest BCUT2D eigenvalue weighted by atomic mass is 16.6. The Morgan fingerprint density at radius 2 is 1.89 bits per heavy atom. The molecule has 0 atom stereocenters. The van der Waals surface area contributed by atoms with E-state index < -0.39 is 5.60 Å². The highest BCUT2D eigenvalue weighted by molar-refractivity contribution is 5.92. The predicted octanol–water partition coefficient (Wildman–Crippen LogP) is 4.18. The molecular weight excluding hydrogens is 484 g/mol. The molecule has 38 heavy (non-hydrogen) atoms. The van der Waals surface area contributed by atoms with Crippen molar-refractivity contribution in [1.29, 1.82) is 0 Å². The molecule has 1 aliphatic carbocycles. The van der Waals surface area contributed by atoms with Crippen molar-refractivity contribution in [2.24, 2.45) is 5.92 Å². The molecule has 10 nitrogen and oxygen atoms in total. The molecule has 1 saturated heterocycles. The molecule has 4 aromatic rings. The molecule has 0 N–H and O–H groups in total. The van der Waals surface area contributed by atoms with Crippen LogP contribution in [0.15, 0.2) is 41.1 Å². The molecule has 200 valence electrons. The highest BCUT2D eigenvalue weighted by Crippen LogP contribution is 2.35. The fraction of sp³-hybridized carbons (Fsp3) is 0.500. The summed E-state index contributed by atoms with van der Waals surface area (Å²) < 4.78 is 19.6. The lowest BCUT2D eigenvalue weighted by molar-refractivity contribution is -0.157. The summed E-state index contributed by atoms with van der Waals surface area (Å²) in [7, 11) is 2.14. The van der Waals surface area contributed by atoms with Gasteiger partial charge in [0.1, 0.15) is 28.8 Å². The van der Waals surface area contributed by atoms with Crippen LogP contribution in [0.3, 0.4) is 0 Å². The summed E-state index contributed by atoms with van der Waals surface area (Å²) in [5, 5.41) is 5.69. The Morgan fingerprint density at radius 3 is 2.66 bits per heavy atom. The van der Waals surface area contributed by atoms with E-state index in [1.54, 1.807) is 16.9 Å². The Kier molecular flexibility index (Phi) is 6.22. The van der Waals surface area contributed by atoms with Gasteiger partial charge in [0.15, 0.2) is 11.4 Å². The third-order valence-electron chi connectivity index (χ3n) is 7.17. The van der Waals surface area contributed by atoms with E-state index in [1.165, 1.54) is 0 Å². The van der Waals surface area contributed by atoms with Gasteiger partial charge in [0, 0.05) is 44.9 Å². The Hall–Kier alpha value is -3.66. The van der Waals surface area contributed by atoms with Crippen LogP contribution in [0.25, 0.3) is 28.1 Å². The van der Waals surface area contributed by atoms with Crippen LogP contribution in [0, 0.1) is 5.92 Å². The minimum Gasteiger partial charge on any atom is -0.473 e. The Bertz CT molecular complexity index is 1460. The quantitative estimate of drug-likeness (QED) is 0.348. The van der Waals surface area contributed by atoms with Gasteiger partial charge >= 0.3 is 5.97 Å². The Labute approximate surface area is 221 Å². The van der Waals surface area contributed by atoms with E-state index in [0.717, 1.165) is 61.5 Å². The normalized spacial score (nSPS) is 20.6. The molecule has 10 heteroatoms. The molecule has 0 unspecified atom stereocenters. The van der Waals surface area contributed by atoms with Crippen molar-refractivity contribution in [1.82, 2.24) is 24.5 Å². The van der Waals surface area contributed by atoms with E-state index in [0.29, 0.717) is 23.7 Å². The number of piperazine rings is 1. The smallest absolute Gasteiger partial charge is 0.306 e. The van der Waals surface area contributed by atoms with E-state index in [2.05, 4.69) is 26.8 Å². The molecule has 4 aromatic heterocycles. The van der Waals surface area contributed by atoms with Crippen LogP contribution in [0.4, 0.5) is 5.82 Å². The largest absolute Gasteiger partial charge is 0.473 e. The van der Waals surface area contributed by atoms with E-state index in [4.69, 9.17) is 19.0 Å². The maximum absolute atomic E-state index is 12.1. The maximum Gasteiger partial charge on any atom is 0.306 e. The molecule has 1 aliphatic heterocycles. The lowest BCUT2D eigenvalue weighted by Crippen LogP contribution is -2.44. The fourth-order valence-electron chi connectivity index (χ4n) is 5.16. The fourth-order valence-corrected chi connectivity index (χ4v) is 5.16. The van der Waals surface area contributed by atoms with Crippen LogP contribution < -0.4 is 9.64 Å². The van der Waals surface area contributed by atoms with Crippen molar-refractivity contribution < 1.29 is 18.7 Å². The first-order valence-corrected chi connectivity index (χ1v) is 13.3. The number of ether oxygens (including phenoxy) is 2. The molecule has 0 radical (unpaired) electrons. The number of carbonyl (C=O) groups is 1. The number of hydrogen-bond acceptors (Lipinski definition) is 9. The number of fused-ring (bicyclic) bond motifs is 2. The van der Waals surface area contributed by atoms with Gasteiger partial charge in [-0.15, -0.1) is 5.10 Å². The summed E-state index contributed by atoms with van der Waals surface area (Å²) in [6, 6.07) is 7.65. The van der Waals surface area contributed by atoms with Gasteiger partial charge in [-0.05, 0) is 64.8 Å². The number of anilines is 1. The number of carbonyl (C=O) groups excluding carboxylic acids is 1. The summed E-state index contributed by atoms with van der Waals surface area (Å²) in [6.07, 6.45) is 5.64. The molecule has 5 heterocycles. The number of aromatic nitrogens is 4. The molecule has 0 spiro atoms. The number of furan rings is 1. The average molecular weight is 519 g/mol. The first kappa shape index (κ1) is 24.7. The minimum absolute atomic E-state index is 0.0304. The molecule has 0 aromatic carbocycles. The van der Waals surface area contributed by atoms with E-state index in [-0.39, 0.29) is 18.0 Å². The van der Waals surface area contributed by atoms with Crippen molar-refractivity contribution in [3.63, 3.8) is 0 Å². The van der Waals surface area contributed by atoms with Crippen LogP contribution in [0.1, 0.15) is 40.0 Å². The molecule has 6 rings (SSSR count). The predicted molar refractivity (Wildman–Crippen MR) is 143 cm³/mol. The number of likely N-dealkylation sites (N-methyl/N-ethyl adjacent to an activating group) is 1. The van der Waals surface area contributed by atoms with Gasteiger partial charge in [-0.3, -0.25) is 4.79 Å². The molecule has 0 bridgehead atoms. The van der Waals surface area contributed by atoms with Gasteiger partial charge in [0.05, 0.1) is 11.6 Å². The van der Waals surface area contributed by atoms with Crippen molar-refractivity contribution in [3.05, 3.63) is 36.7 Å². The second-order valence-electron chi connectivity index (χ2n) is 11.4. The van der Waals surface area contributed by atoms with Crippen LogP contribution in [0.5, 0.6) is 5.88 Å². The summed E-state index contributed by atoms with van der Waals surface area (Å²) in [5.41, 5.74) is 1.79. The summed E-state index contributed by atoms with van der Waals surface area (Å²) in [6.45, 7) is 9.54. The summed E-state index contributed by atoms with van der Waals surface area (Å²) in [4.78, 5) is 25.9. The van der Waals surface area contributed by atoms with Gasteiger partial charge in [-0.25, -0.2) is 14.5 Å². The summed E-state index contributed by atoms with van der Waals surface area (Å²) in [5.74, 6) is 2.28. The number of pyridine rings is 1. The lowest BCUT2D eigenvalue weighted by Gasteiger charge is -2.34. The van der Waals surface area contributed by atoms with Crippen molar-refractivity contribution in [2.45, 2.75) is 51.7 Å². The topological polar surface area (TPSA) is 98.2 Å². The number of esters is 1. The SMILES string of the molecule is CN1CCN(c2nccc3oc(-c4cnc5ccc(OC6CC(CC(=O)OC(C)(C)C)C6)nn45)cc23)CC1. The molecular formula is C28H34N6O4. The van der Waals surface area contributed by atoms with Gasteiger partial charge in [-0.2, -0.15) is 0 Å². The number of imidazole rings is 1. The lowest BCUT2D eigenvalue weighted by atomic mass is 9.80. The van der Waals surface area contributed by atoms with E-state index in [9.17, 15) is 4.79 Å². The zero-order valence-corrected chi connectivity index (χ0v) is 22.4. The third kappa shape index (κ3) is 5.05. The number of nitrogens with zero attached hydrogens (tertiary/aromatic N) is 6. The van der Waals surface area contributed by atoms with Gasteiger partial charge < -0.3 is 23.7 Å². The molecule has 0 amide bonds. The van der Waals surface area contributed by atoms with Crippen LogP contribution >= 0.6 is 0 Å². The second kappa shape index (κ2) is 9.58. The zero-order valence-electron chi connectivity index (χ0n) is 22.4. The number of hydrogen-bond donors (Lipinski definition) is 0. The van der Waals surface area contributed by atoms with E-state index >= 15 is 0 Å². The van der Waals surface area contributed by atoms with Gasteiger partial charge in [0.2, 0.25) is 5.88 Å². The highest BCUT2D eigenvalue weighted by Gasteiger charge is 2.34. The van der Waals surface area contributed by atoms with E-state index in [1.807, 2.05) is 45.0 Å². The first-order valence-electron chi connectivity index (χ1n) is 13.3. The van der Waals surface area contributed by atoms with Crippen molar-refractivity contribution >= 4 is 28.4 Å². The molecule has 1 saturated carbocycles. The number of rotatable bonds is 6. The Balaban J connectivity index is 1.17. The standard InChI is InChI=1S/C28H34N6O4/c1-28(2,3)38-26(35)15-18-13-19(14-18)36-25-6-5-24-30-17-21(34(24)31-25)23-16-20-22(37-23)7-8-29-27(20)33-11-9-32(4)10-12-33/h5-8,16-19H,9-15H2,1-4H3. The molecule has 2 aliphatic rings. The van der Waals surface area contributed by atoms with Crippen LogP contribution in [0.2, 0.25) is 0 Å². The summed E-state index contributed by atoms with van der Waals surface area (Å²) >= 11 is 0. The molecule has 2 fully saturated rings. The van der Waals surface area contributed by atoms with Gasteiger partial charge in [0.25, 0.3) is 0 Å². The minimum atomic E-state index is -0.457. The van der Waals surface area contributed by atoms with Crippen LogP contribution in [-0.4, -0.2) is 75.4 Å². The Morgan fingerprint density at radius 1 is 1.11 bits per heavy atom. The second-order valence-corrected chi connectivity index (χ2v) is 11.4. The monoisotopic (exact) mass is 518 g/mol. The van der Waals surface area contributed by atoms with Crippen molar-refractivity contribution in [2.75, 3.05) is 38.1 Å².